The van der Waals surface area contributed by atoms with Crippen molar-refractivity contribution in [3.63, 3.8) is 0 Å². The average molecular weight is 312 g/mol. The minimum absolute atomic E-state index is 0.182. The highest BCUT2D eigenvalue weighted by atomic mass is 79.9. The van der Waals surface area contributed by atoms with Gasteiger partial charge in [-0.2, -0.15) is 0 Å². The molecule has 1 aliphatic heterocycles. The van der Waals surface area contributed by atoms with Crippen LogP contribution < -0.4 is 4.90 Å². The smallest absolute Gasteiger partial charge is 0.182 e. The molecule has 3 rings (SSSR count). The summed E-state index contributed by atoms with van der Waals surface area (Å²) in [4.78, 5) is 18.0. The van der Waals surface area contributed by atoms with Gasteiger partial charge in [0.25, 0.3) is 0 Å². The van der Waals surface area contributed by atoms with Gasteiger partial charge in [0.2, 0.25) is 0 Å². The molecule has 7 heteroatoms. The first kappa shape index (κ1) is 11.9. The highest BCUT2D eigenvalue weighted by Gasteiger charge is 2.26. The fourth-order valence-electron chi connectivity index (χ4n) is 2.30. The van der Waals surface area contributed by atoms with Crippen molar-refractivity contribution in [2.24, 2.45) is 0 Å². The second-order valence-electron chi connectivity index (χ2n) is 4.43. The zero-order chi connectivity index (χ0) is 12.5. The van der Waals surface area contributed by atoms with E-state index in [0.29, 0.717) is 5.65 Å². The van der Waals surface area contributed by atoms with Crippen LogP contribution in [0.4, 0.5) is 5.82 Å². The van der Waals surface area contributed by atoms with Gasteiger partial charge in [-0.05, 0) is 6.92 Å². The molecule has 1 fully saturated rings. The van der Waals surface area contributed by atoms with Crippen LogP contribution in [0, 0.1) is 0 Å². The summed E-state index contributed by atoms with van der Waals surface area (Å²) < 4.78 is 5.82. The van der Waals surface area contributed by atoms with Crippen LogP contribution in [0.1, 0.15) is 6.92 Å². The van der Waals surface area contributed by atoms with E-state index in [-0.39, 0.29) is 12.2 Å². The number of imidazole rings is 1. The number of rotatable bonds is 2. The highest BCUT2D eigenvalue weighted by Crippen LogP contribution is 2.23. The van der Waals surface area contributed by atoms with E-state index in [0.717, 1.165) is 29.8 Å². The fraction of sp³-hybridized carbons (Fsp3) is 0.545. The molecule has 0 saturated carbocycles. The molecule has 96 valence electrons. The molecule has 3 heterocycles. The molecule has 6 nitrogen and oxygen atoms in total. The Labute approximate surface area is 113 Å². The average Bonchev–Trinajstić information content (AvgIpc) is 2.85. The summed E-state index contributed by atoms with van der Waals surface area (Å²) in [5.74, 6) is 0.901. The van der Waals surface area contributed by atoms with Crippen molar-refractivity contribution in [1.29, 1.82) is 0 Å². The number of H-pyrrole nitrogens is 1. The molecule has 0 aromatic carbocycles. The monoisotopic (exact) mass is 311 g/mol. The lowest BCUT2D eigenvalue weighted by molar-refractivity contribution is -0.00215. The molecule has 0 radical (unpaired) electrons. The van der Waals surface area contributed by atoms with Gasteiger partial charge in [-0.15, -0.1) is 0 Å². The maximum atomic E-state index is 5.82. The summed E-state index contributed by atoms with van der Waals surface area (Å²) in [6, 6.07) is 0. The van der Waals surface area contributed by atoms with Gasteiger partial charge >= 0.3 is 0 Å². The van der Waals surface area contributed by atoms with E-state index in [1.54, 1.807) is 12.7 Å². The fourth-order valence-corrected chi connectivity index (χ4v) is 2.65. The number of aromatic nitrogens is 4. The number of fused-ring (bicyclic) bond motifs is 1. The number of anilines is 1. The number of ether oxygens (including phenoxy) is 1. The molecule has 0 bridgehead atoms. The third kappa shape index (κ3) is 2.08. The van der Waals surface area contributed by atoms with Gasteiger partial charge in [-0.3, -0.25) is 0 Å². The Morgan fingerprint density at radius 2 is 2.33 bits per heavy atom. The number of halogens is 1. The van der Waals surface area contributed by atoms with Crippen molar-refractivity contribution in [3.8, 4) is 0 Å². The van der Waals surface area contributed by atoms with E-state index in [1.165, 1.54) is 0 Å². The minimum atomic E-state index is 0.182. The Kier molecular flexibility index (Phi) is 3.17. The minimum Gasteiger partial charge on any atom is -0.371 e. The molecular formula is C11H14BrN5O. The molecule has 2 aromatic rings. The van der Waals surface area contributed by atoms with Gasteiger partial charge in [0.05, 0.1) is 18.5 Å². The third-order valence-electron chi connectivity index (χ3n) is 3.00. The molecule has 1 N–H and O–H groups in total. The molecular weight excluding hydrogens is 298 g/mol. The first-order valence-electron chi connectivity index (χ1n) is 5.88. The molecule has 2 unspecified atom stereocenters. The van der Waals surface area contributed by atoms with E-state index in [1.807, 2.05) is 0 Å². The third-order valence-corrected chi connectivity index (χ3v) is 3.72. The number of hydrogen-bond donors (Lipinski definition) is 1. The van der Waals surface area contributed by atoms with E-state index in [2.05, 4.69) is 47.7 Å². The zero-order valence-electron chi connectivity index (χ0n) is 10.0. The van der Waals surface area contributed by atoms with Crippen molar-refractivity contribution in [2.45, 2.75) is 19.1 Å². The van der Waals surface area contributed by atoms with E-state index in [4.69, 9.17) is 4.74 Å². The quantitative estimate of drug-likeness (QED) is 0.848. The Morgan fingerprint density at radius 1 is 1.44 bits per heavy atom. The summed E-state index contributed by atoms with van der Waals surface area (Å²) >= 11 is 3.48. The van der Waals surface area contributed by atoms with Crippen molar-refractivity contribution < 1.29 is 4.74 Å². The number of nitrogens with one attached hydrogen (secondary N) is 1. The van der Waals surface area contributed by atoms with Crippen LogP contribution in [0.3, 0.4) is 0 Å². The van der Waals surface area contributed by atoms with Crippen LogP contribution in [0.15, 0.2) is 12.7 Å². The Balaban J connectivity index is 1.96. The summed E-state index contributed by atoms with van der Waals surface area (Å²) in [6.07, 6.45) is 3.58. The van der Waals surface area contributed by atoms with Crippen LogP contribution in [0.5, 0.6) is 0 Å². The zero-order valence-corrected chi connectivity index (χ0v) is 11.6. The second-order valence-corrected chi connectivity index (χ2v) is 5.07. The molecule has 0 aliphatic carbocycles. The van der Waals surface area contributed by atoms with Crippen LogP contribution in [-0.2, 0) is 4.74 Å². The number of alkyl halides is 1. The summed E-state index contributed by atoms with van der Waals surface area (Å²) in [7, 11) is 0. The van der Waals surface area contributed by atoms with Gasteiger partial charge in [-0.25, -0.2) is 15.0 Å². The van der Waals surface area contributed by atoms with Crippen LogP contribution in [0.2, 0.25) is 0 Å². The lowest BCUT2D eigenvalue weighted by Gasteiger charge is -2.36. The van der Waals surface area contributed by atoms with Gasteiger partial charge < -0.3 is 14.6 Å². The van der Waals surface area contributed by atoms with E-state index in [9.17, 15) is 0 Å². The molecule has 0 spiro atoms. The Bertz CT molecular complexity index is 545. The van der Waals surface area contributed by atoms with Gasteiger partial charge in [-0.1, -0.05) is 15.9 Å². The van der Waals surface area contributed by atoms with Crippen molar-refractivity contribution >= 4 is 32.9 Å². The molecule has 0 amide bonds. The highest BCUT2D eigenvalue weighted by molar-refractivity contribution is 9.09. The Hall–Kier alpha value is -1.21. The largest absolute Gasteiger partial charge is 0.371 e. The SMILES string of the molecule is CC1CN(c2ncnc3nc[nH]c23)CC(CBr)O1. The second kappa shape index (κ2) is 4.81. The molecule has 2 atom stereocenters. The summed E-state index contributed by atoms with van der Waals surface area (Å²) in [5, 5.41) is 0.824. The van der Waals surface area contributed by atoms with Gasteiger partial charge in [0.15, 0.2) is 11.5 Å². The predicted molar refractivity (Wildman–Crippen MR) is 72.0 cm³/mol. The number of nitrogens with zero attached hydrogens (tertiary/aromatic N) is 4. The molecule has 18 heavy (non-hydrogen) atoms. The van der Waals surface area contributed by atoms with E-state index < -0.39 is 0 Å². The maximum Gasteiger partial charge on any atom is 0.182 e. The van der Waals surface area contributed by atoms with Crippen LogP contribution in [-0.4, -0.2) is 50.6 Å². The molecule has 1 saturated heterocycles. The van der Waals surface area contributed by atoms with Crippen molar-refractivity contribution in [2.75, 3.05) is 23.3 Å². The van der Waals surface area contributed by atoms with Gasteiger partial charge in [0.1, 0.15) is 11.8 Å². The maximum absolute atomic E-state index is 5.82. The standard InChI is InChI=1S/C11H14BrN5O/c1-7-3-17(4-8(2-12)18-7)11-9-10(14-5-13-9)15-6-16-11/h5-8H,2-4H2,1H3,(H,13,14,15,16). The lowest BCUT2D eigenvalue weighted by Crippen LogP contribution is -2.47. The van der Waals surface area contributed by atoms with E-state index >= 15 is 0 Å². The summed E-state index contributed by atoms with van der Waals surface area (Å²) in [6.45, 7) is 3.72. The summed E-state index contributed by atoms with van der Waals surface area (Å²) in [5.41, 5.74) is 1.59. The van der Waals surface area contributed by atoms with Crippen LogP contribution in [0.25, 0.3) is 11.2 Å². The predicted octanol–water partition coefficient (Wildman–Crippen LogP) is 1.34. The first-order chi connectivity index (χ1) is 8.78. The number of hydrogen-bond acceptors (Lipinski definition) is 5. The number of morpholine rings is 1. The lowest BCUT2D eigenvalue weighted by atomic mass is 10.2. The number of aromatic amines is 1. The first-order valence-corrected chi connectivity index (χ1v) is 7.00. The van der Waals surface area contributed by atoms with Crippen molar-refractivity contribution in [3.05, 3.63) is 12.7 Å². The van der Waals surface area contributed by atoms with Gasteiger partial charge in [0, 0.05) is 18.4 Å². The van der Waals surface area contributed by atoms with Crippen LogP contribution >= 0.6 is 15.9 Å². The normalized spacial score (nSPS) is 24.7. The Morgan fingerprint density at radius 3 is 3.17 bits per heavy atom. The molecule has 1 aliphatic rings. The molecule has 2 aromatic heterocycles. The topological polar surface area (TPSA) is 66.9 Å². The van der Waals surface area contributed by atoms with Crippen molar-refractivity contribution in [1.82, 2.24) is 19.9 Å².